The monoisotopic (exact) mass is 246 g/mol. The Hall–Kier alpha value is -2.04. The van der Waals surface area contributed by atoms with Crippen LogP contribution in [0.15, 0.2) is 22.7 Å². The minimum atomic E-state index is 0.479. The summed E-state index contributed by atoms with van der Waals surface area (Å²) in [6.07, 6.45) is 0. The number of nitrogens with zero attached hydrogens (tertiary/aromatic N) is 3. The van der Waals surface area contributed by atoms with E-state index in [0.717, 1.165) is 24.2 Å². The Kier molecular flexibility index (Phi) is 3.50. The van der Waals surface area contributed by atoms with Crippen LogP contribution in [0.2, 0.25) is 0 Å². The molecule has 0 aliphatic rings. The van der Waals surface area contributed by atoms with Gasteiger partial charge < -0.3 is 15.2 Å². The van der Waals surface area contributed by atoms with E-state index in [1.165, 1.54) is 0 Å². The molecular formula is C13H18N4O. The molecule has 1 heterocycles. The Labute approximate surface area is 107 Å². The number of aryl methyl sites for hydroxylation is 1. The van der Waals surface area contributed by atoms with Crippen molar-refractivity contribution in [2.75, 3.05) is 23.7 Å². The van der Waals surface area contributed by atoms with Crippen LogP contribution in [-0.4, -0.2) is 23.2 Å². The number of nitrogens with two attached hydrogens (primary N) is 1. The van der Waals surface area contributed by atoms with Gasteiger partial charge in [-0.25, -0.2) is 0 Å². The zero-order valence-electron chi connectivity index (χ0n) is 11.0. The molecule has 2 aromatic rings. The molecule has 0 saturated heterocycles. The molecule has 0 unspecified atom stereocenters. The van der Waals surface area contributed by atoms with Gasteiger partial charge in [0.15, 0.2) is 0 Å². The van der Waals surface area contributed by atoms with E-state index in [0.29, 0.717) is 17.5 Å². The highest BCUT2D eigenvalue weighted by Gasteiger charge is 2.16. The first-order valence-corrected chi connectivity index (χ1v) is 6.11. The van der Waals surface area contributed by atoms with Crippen molar-refractivity contribution in [1.29, 1.82) is 0 Å². The molecule has 2 rings (SSSR count). The van der Waals surface area contributed by atoms with Crippen LogP contribution in [0, 0.1) is 6.92 Å². The quantitative estimate of drug-likeness (QED) is 0.839. The zero-order chi connectivity index (χ0) is 13.1. The van der Waals surface area contributed by atoms with Crippen molar-refractivity contribution in [2.45, 2.75) is 20.8 Å². The SMILES string of the molecule is CCN(CC)c1noc(-c2c(C)cccc2N)n1. The van der Waals surface area contributed by atoms with Crippen molar-refractivity contribution in [2.24, 2.45) is 0 Å². The highest BCUT2D eigenvalue weighted by Crippen LogP contribution is 2.29. The zero-order valence-corrected chi connectivity index (χ0v) is 11.0. The highest BCUT2D eigenvalue weighted by molar-refractivity contribution is 5.74. The molecule has 0 atom stereocenters. The maximum Gasteiger partial charge on any atom is 0.266 e. The standard InChI is InChI=1S/C13H18N4O/c1-4-17(5-2)13-15-12(18-16-13)11-9(3)7-6-8-10(11)14/h6-8H,4-5,14H2,1-3H3. The second-order valence-electron chi connectivity index (χ2n) is 4.11. The topological polar surface area (TPSA) is 68.2 Å². The third-order valence-corrected chi connectivity index (χ3v) is 2.98. The summed E-state index contributed by atoms with van der Waals surface area (Å²) in [5.41, 5.74) is 8.47. The average Bonchev–Trinajstić information content (AvgIpc) is 2.80. The number of hydrogen-bond donors (Lipinski definition) is 1. The van der Waals surface area contributed by atoms with Crippen molar-refractivity contribution >= 4 is 11.6 Å². The van der Waals surface area contributed by atoms with E-state index >= 15 is 0 Å². The summed E-state index contributed by atoms with van der Waals surface area (Å²) in [7, 11) is 0. The van der Waals surface area contributed by atoms with Gasteiger partial charge in [0.25, 0.3) is 11.8 Å². The maximum atomic E-state index is 5.96. The minimum Gasteiger partial charge on any atom is -0.398 e. The van der Waals surface area contributed by atoms with E-state index in [4.69, 9.17) is 10.3 Å². The first-order valence-electron chi connectivity index (χ1n) is 6.11. The van der Waals surface area contributed by atoms with Crippen molar-refractivity contribution < 1.29 is 4.52 Å². The fourth-order valence-corrected chi connectivity index (χ4v) is 1.93. The number of anilines is 2. The van der Waals surface area contributed by atoms with Gasteiger partial charge in [-0.2, -0.15) is 4.98 Å². The summed E-state index contributed by atoms with van der Waals surface area (Å²) in [6, 6.07) is 5.73. The molecule has 0 fully saturated rings. The van der Waals surface area contributed by atoms with E-state index in [9.17, 15) is 0 Å². The molecule has 2 N–H and O–H groups in total. The van der Waals surface area contributed by atoms with Crippen LogP contribution >= 0.6 is 0 Å². The second-order valence-corrected chi connectivity index (χ2v) is 4.11. The lowest BCUT2D eigenvalue weighted by atomic mass is 10.1. The van der Waals surface area contributed by atoms with Crippen molar-refractivity contribution in [3.63, 3.8) is 0 Å². The highest BCUT2D eigenvalue weighted by atomic mass is 16.5. The van der Waals surface area contributed by atoms with Crippen LogP contribution in [0.5, 0.6) is 0 Å². The molecule has 18 heavy (non-hydrogen) atoms. The Morgan fingerprint density at radius 2 is 2.00 bits per heavy atom. The van der Waals surface area contributed by atoms with E-state index in [1.807, 2.05) is 30.0 Å². The molecule has 1 aromatic carbocycles. The first-order chi connectivity index (χ1) is 8.67. The maximum absolute atomic E-state index is 5.96. The van der Waals surface area contributed by atoms with Gasteiger partial charge in [-0.1, -0.05) is 12.1 Å². The van der Waals surface area contributed by atoms with E-state index in [1.54, 1.807) is 0 Å². The van der Waals surface area contributed by atoms with Gasteiger partial charge in [0.1, 0.15) is 0 Å². The van der Waals surface area contributed by atoms with Gasteiger partial charge in [0, 0.05) is 18.8 Å². The predicted molar refractivity (Wildman–Crippen MR) is 72.4 cm³/mol. The fraction of sp³-hybridized carbons (Fsp3) is 0.385. The molecule has 0 aliphatic heterocycles. The largest absolute Gasteiger partial charge is 0.398 e. The number of hydrogen-bond acceptors (Lipinski definition) is 5. The Bertz CT molecular complexity index is 511. The van der Waals surface area contributed by atoms with Crippen LogP contribution in [0.3, 0.4) is 0 Å². The Morgan fingerprint density at radius 1 is 1.28 bits per heavy atom. The lowest BCUT2D eigenvalue weighted by Crippen LogP contribution is -2.22. The second kappa shape index (κ2) is 5.08. The molecule has 0 amide bonds. The van der Waals surface area contributed by atoms with E-state index in [2.05, 4.69) is 24.0 Å². The normalized spacial score (nSPS) is 10.6. The molecule has 0 saturated carbocycles. The summed E-state index contributed by atoms with van der Waals surface area (Å²) in [5, 5.41) is 4.00. The molecule has 0 aliphatic carbocycles. The lowest BCUT2D eigenvalue weighted by molar-refractivity contribution is 0.429. The molecule has 0 radical (unpaired) electrons. The summed E-state index contributed by atoms with van der Waals surface area (Å²) >= 11 is 0. The molecule has 5 heteroatoms. The van der Waals surface area contributed by atoms with E-state index < -0.39 is 0 Å². The number of nitrogen functional groups attached to an aromatic ring is 1. The molecule has 1 aromatic heterocycles. The van der Waals surface area contributed by atoms with Gasteiger partial charge in [0.05, 0.1) is 5.56 Å². The molecular weight excluding hydrogens is 228 g/mol. The van der Waals surface area contributed by atoms with Crippen molar-refractivity contribution in [3.8, 4) is 11.5 Å². The Balaban J connectivity index is 2.41. The van der Waals surface area contributed by atoms with Gasteiger partial charge in [0.2, 0.25) is 0 Å². The summed E-state index contributed by atoms with van der Waals surface area (Å²) < 4.78 is 5.31. The third-order valence-electron chi connectivity index (χ3n) is 2.98. The van der Waals surface area contributed by atoms with Gasteiger partial charge in [-0.15, -0.1) is 0 Å². The van der Waals surface area contributed by atoms with Crippen LogP contribution in [0.4, 0.5) is 11.6 Å². The molecule has 96 valence electrons. The van der Waals surface area contributed by atoms with Gasteiger partial charge >= 0.3 is 0 Å². The average molecular weight is 246 g/mol. The van der Waals surface area contributed by atoms with Crippen molar-refractivity contribution in [1.82, 2.24) is 10.1 Å². The van der Waals surface area contributed by atoms with Gasteiger partial charge in [-0.05, 0) is 37.6 Å². The molecule has 0 bridgehead atoms. The minimum absolute atomic E-state index is 0.479. The summed E-state index contributed by atoms with van der Waals surface area (Å²) in [4.78, 5) is 6.44. The number of benzene rings is 1. The molecule has 5 nitrogen and oxygen atoms in total. The summed E-state index contributed by atoms with van der Waals surface area (Å²) in [6.45, 7) is 7.79. The smallest absolute Gasteiger partial charge is 0.266 e. The first kappa shape index (κ1) is 12.4. The summed E-state index contributed by atoms with van der Waals surface area (Å²) in [5.74, 6) is 1.09. The van der Waals surface area contributed by atoms with Crippen LogP contribution in [-0.2, 0) is 0 Å². The van der Waals surface area contributed by atoms with Gasteiger partial charge in [-0.3, -0.25) is 0 Å². The molecule has 0 spiro atoms. The van der Waals surface area contributed by atoms with Crippen LogP contribution in [0.1, 0.15) is 19.4 Å². The number of rotatable bonds is 4. The lowest BCUT2D eigenvalue weighted by Gasteiger charge is -2.14. The van der Waals surface area contributed by atoms with Crippen molar-refractivity contribution in [3.05, 3.63) is 23.8 Å². The van der Waals surface area contributed by atoms with E-state index in [-0.39, 0.29) is 0 Å². The predicted octanol–water partition coefficient (Wildman–Crippen LogP) is 2.47. The third kappa shape index (κ3) is 2.16. The van der Waals surface area contributed by atoms with Crippen LogP contribution < -0.4 is 10.6 Å². The number of aromatic nitrogens is 2. The van der Waals surface area contributed by atoms with Crippen LogP contribution in [0.25, 0.3) is 11.5 Å². The fourth-order valence-electron chi connectivity index (χ4n) is 1.93. The Morgan fingerprint density at radius 3 is 2.61 bits per heavy atom.